The predicted molar refractivity (Wildman–Crippen MR) is 83.6 cm³/mol. The Balaban J connectivity index is 1.90. The number of alkyl carbamates (subject to hydrolysis) is 1. The van der Waals surface area contributed by atoms with Crippen molar-refractivity contribution in [3.63, 3.8) is 0 Å². The molecule has 1 aliphatic rings. The lowest BCUT2D eigenvalue weighted by molar-refractivity contribution is 0.0525. The van der Waals surface area contributed by atoms with Crippen molar-refractivity contribution in [1.29, 1.82) is 0 Å². The second-order valence-electron chi connectivity index (χ2n) is 6.57. The molecule has 0 spiro atoms. The second kappa shape index (κ2) is 6.33. The van der Waals surface area contributed by atoms with Crippen LogP contribution in [0.25, 0.3) is 0 Å². The molecule has 0 unspecified atom stereocenters. The van der Waals surface area contributed by atoms with Crippen molar-refractivity contribution in [2.45, 2.75) is 52.2 Å². The maximum absolute atomic E-state index is 11.7. The van der Waals surface area contributed by atoms with Gasteiger partial charge < -0.3 is 15.0 Å². The number of carbonyl (C=O) groups excluding carboxylic acids is 1. The highest BCUT2D eigenvalue weighted by molar-refractivity contribution is 5.67. The van der Waals surface area contributed by atoms with E-state index in [1.54, 1.807) is 0 Å². The summed E-state index contributed by atoms with van der Waals surface area (Å²) in [6, 6.07) is 4.40. The van der Waals surface area contributed by atoms with E-state index >= 15 is 0 Å². The molecule has 1 N–H and O–H groups in total. The van der Waals surface area contributed by atoms with Crippen molar-refractivity contribution in [2.75, 3.05) is 18.0 Å². The molecule has 2 heterocycles. The Hall–Kier alpha value is -1.78. The van der Waals surface area contributed by atoms with Gasteiger partial charge in [0.05, 0.1) is 0 Å². The van der Waals surface area contributed by atoms with E-state index in [0.29, 0.717) is 6.54 Å². The highest BCUT2D eigenvalue weighted by atomic mass is 16.6. The maximum atomic E-state index is 11.7. The fourth-order valence-electron chi connectivity index (χ4n) is 2.49. The molecule has 1 aromatic heterocycles. The van der Waals surface area contributed by atoms with Gasteiger partial charge in [0.25, 0.3) is 0 Å². The van der Waals surface area contributed by atoms with Gasteiger partial charge >= 0.3 is 6.09 Å². The molecule has 1 atom stereocenters. The Morgan fingerprint density at radius 3 is 2.86 bits per heavy atom. The third kappa shape index (κ3) is 4.62. The van der Waals surface area contributed by atoms with Gasteiger partial charge in [0.15, 0.2) is 0 Å². The van der Waals surface area contributed by atoms with Crippen LogP contribution < -0.4 is 10.2 Å². The zero-order valence-electron chi connectivity index (χ0n) is 13.3. The number of rotatable bonds is 3. The first-order chi connectivity index (χ1) is 9.85. The first kappa shape index (κ1) is 15.6. The fraction of sp³-hybridized carbons (Fsp3) is 0.625. The molecule has 116 valence electrons. The van der Waals surface area contributed by atoms with Gasteiger partial charge in [0.2, 0.25) is 0 Å². The topological polar surface area (TPSA) is 54.5 Å². The predicted octanol–water partition coefficient (Wildman–Crippen LogP) is 2.88. The molecule has 2 rings (SSSR count). The molecule has 1 amide bonds. The molecular formula is C16H25N3O2. The van der Waals surface area contributed by atoms with Crippen LogP contribution in [-0.4, -0.2) is 35.8 Å². The van der Waals surface area contributed by atoms with Crippen LogP contribution in [0, 0.1) is 6.92 Å². The standard InChI is InChI=1S/C16H25N3O2/c1-12-7-8-14(17-10-12)19-9-5-6-13(19)11-18-15(20)21-16(2,3)4/h7-8,10,13H,5-6,9,11H2,1-4H3,(H,18,20)/t13-/m1/s1. The van der Waals surface area contributed by atoms with Crippen molar-refractivity contribution >= 4 is 11.9 Å². The molecule has 5 heteroatoms. The van der Waals surface area contributed by atoms with Gasteiger partial charge in [-0.3, -0.25) is 0 Å². The van der Waals surface area contributed by atoms with Crippen LogP contribution in [0.15, 0.2) is 18.3 Å². The number of pyridine rings is 1. The molecule has 1 fully saturated rings. The molecule has 21 heavy (non-hydrogen) atoms. The Morgan fingerprint density at radius 2 is 2.24 bits per heavy atom. The summed E-state index contributed by atoms with van der Waals surface area (Å²) in [5, 5.41) is 2.86. The summed E-state index contributed by atoms with van der Waals surface area (Å²) in [7, 11) is 0. The Kier molecular flexibility index (Phi) is 4.70. The van der Waals surface area contributed by atoms with E-state index in [1.807, 2.05) is 40.0 Å². The first-order valence-electron chi connectivity index (χ1n) is 7.51. The van der Waals surface area contributed by atoms with Crippen LogP contribution in [0.4, 0.5) is 10.6 Å². The van der Waals surface area contributed by atoms with E-state index in [4.69, 9.17) is 4.74 Å². The molecule has 1 aromatic rings. The van der Waals surface area contributed by atoms with E-state index in [1.165, 1.54) is 0 Å². The summed E-state index contributed by atoms with van der Waals surface area (Å²) >= 11 is 0. The number of nitrogens with zero attached hydrogens (tertiary/aromatic N) is 2. The summed E-state index contributed by atoms with van der Waals surface area (Å²) in [4.78, 5) is 18.5. The normalized spacial score (nSPS) is 18.7. The summed E-state index contributed by atoms with van der Waals surface area (Å²) < 4.78 is 5.27. The lowest BCUT2D eigenvalue weighted by Crippen LogP contribution is -2.42. The number of ether oxygens (including phenoxy) is 1. The van der Waals surface area contributed by atoms with Crippen molar-refractivity contribution < 1.29 is 9.53 Å². The van der Waals surface area contributed by atoms with Crippen LogP contribution >= 0.6 is 0 Å². The molecular weight excluding hydrogens is 266 g/mol. The van der Waals surface area contributed by atoms with Gasteiger partial charge in [0, 0.05) is 25.3 Å². The van der Waals surface area contributed by atoms with Crippen molar-refractivity contribution in [1.82, 2.24) is 10.3 Å². The molecule has 0 aromatic carbocycles. The lowest BCUT2D eigenvalue weighted by Gasteiger charge is -2.27. The molecule has 0 aliphatic carbocycles. The highest BCUT2D eigenvalue weighted by Crippen LogP contribution is 2.23. The number of amides is 1. The van der Waals surface area contributed by atoms with E-state index in [0.717, 1.165) is 30.8 Å². The minimum atomic E-state index is -0.460. The molecule has 0 bridgehead atoms. The Morgan fingerprint density at radius 1 is 1.48 bits per heavy atom. The zero-order valence-corrected chi connectivity index (χ0v) is 13.3. The van der Waals surface area contributed by atoms with Crippen LogP contribution in [0.3, 0.4) is 0 Å². The van der Waals surface area contributed by atoms with Gasteiger partial charge in [-0.1, -0.05) is 6.07 Å². The largest absolute Gasteiger partial charge is 0.444 e. The lowest BCUT2D eigenvalue weighted by atomic mass is 10.2. The highest BCUT2D eigenvalue weighted by Gasteiger charge is 2.26. The number of carbonyl (C=O) groups is 1. The monoisotopic (exact) mass is 291 g/mol. The molecule has 5 nitrogen and oxygen atoms in total. The quantitative estimate of drug-likeness (QED) is 0.930. The third-order valence-electron chi connectivity index (χ3n) is 3.45. The number of anilines is 1. The summed E-state index contributed by atoms with van der Waals surface area (Å²) in [5.41, 5.74) is 0.694. The van der Waals surface area contributed by atoms with Crippen molar-refractivity contribution in [3.05, 3.63) is 23.9 Å². The van der Waals surface area contributed by atoms with Crippen LogP contribution in [-0.2, 0) is 4.74 Å². The first-order valence-corrected chi connectivity index (χ1v) is 7.51. The van der Waals surface area contributed by atoms with Crippen LogP contribution in [0.1, 0.15) is 39.2 Å². The van der Waals surface area contributed by atoms with Crippen molar-refractivity contribution in [2.24, 2.45) is 0 Å². The molecule has 0 radical (unpaired) electrons. The van der Waals surface area contributed by atoms with Gasteiger partial charge in [-0.25, -0.2) is 9.78 Å². The summed E-state index contributed by atoms with van der Waals surface area (Å²) in [6.45, 7) is 9.20. The summed E-state index contributed by atoms with van der Waals surface area (Å²) in [6.07, 6.45) is 3.71. The van der Waals surface area contributed by atoms with Gasteiger partial charge in [-0.05, 0) is 52.2 Å². The minimum Gasteiger partial charge on any atom is -0.444 e. The Bertz CT molecular complexity index is 479. The zero-order chi connectivity index (χ0) is 15.5. The minimum absolute atomic E-state index is 0.285. The summed E-state index contributed by atoms with van der Waals surface area (Å²) in [5.74, 6) is 0.981. The fourth-order valence-corrected chi connectivity index (χ4v) is 2.49. The molecule has 1 aliphatic heterocycles. The van der Waals surface area contributed by atoms with Gasteiger partial charge in [-0.2, -0.15) is 0 Å². The number of hydrogen-bond acceptors (Lipinski definition) is 4. The Labute approximate surface area is 126 Å². The van der Waals surface area contributed by atoms with E-state index in [-0.39, 0.29) is 12.1 Å². The number of aromatic nitrogens is 1. The number of hydrogen-bond donors (Lipinski definition) is 1. The smallest absolute Gasteiger partial charge is 0.407 e. The van der Waals surface area contributed by atoms with Gasteiger partial charge in [0.1, 0.15) is 11.4 Å². The van der Waals surface area contributed by atoms with E-state index in [9.17, 15) is 4.79 Å². The number of nitrogens with one attached hydrogen (secondary N) is 1. The van der Waals surface area contributed by atoms with E-state index in [2.05, 4.69) is 21.3 Å². The average Bonchev–Trinajstić information content (AvgIpc) is 2.83. The molecule has 0 saturated carbocycles. The SMILES string of the molecule is Cc1ccc(N2CCC[C@@H]2CNC(=O)OC(C)(C)C)nc1. The van der Waals surface area contributed by atoms with E-state index < -0.39 is 5.60 Å². The average molecular weight is 291 g/mol. The van der Waals surface area contributed by atoms with Crippen LogP contribution in [0.2, 0.25) is 0 Å². The van der Waals surface area contributed by atoms with Crippen LogP contribution in [0.5, 0.6) is 0 Å². The molecule has 1 saturated heterocycles. The number of aryl methyl sites for hydroxylation is 1. The van der Waals surface area contributed by atoms with Gasteiger partial charge in [-0.15, -0.1) is 0 Å². The van der Waals surface area contributed by atoms with Crippen molar-refractivity contribution in [3.8, 4) is 0 Å². The second-order valence-corrected chi connectivity index (χ2v) is 6.57. The maximum Gasteiger partial charge on any atom is 0.407 e. The third-order valence-corrected chi connectivity index (χ3v) is 3.45.